The first-order chi connectivity index (χ1) is 10.8. The Labute approximate surface area is 130 Å². The molecule has 1 heterocycles. The molecular formula is C13H10F8N2O. The summed E-state index contributed by atoms with van der Waals surface area (Å²) in [5.41, 5.74) is -6.23. The molecule has 24 heavy (non-hydrogen) atoms. The number of hydrogen-bond acceptors (Lipinski definition) is 3. The molecule has 3 nitrogen and oxygen atoms in total. The van der Waals surface area contributed by atoms with Crippen molar-refractivity contribution in [2.45, 2.75) is 32.2 Å². The van der Waals surface area contributed by atoms with Gasteiger partial charge >= 0.3 is 6.18 Å². The largest absolute Gasteiger partial charge is 0.438 e. The number of rotatable bonds is 2. The van der Waals surface area contributed by atoms with E-state index in [1.54, 1.807) is 0 Å². The Morgan fingerprint density at radius 1 is 0.958 bits per heavy atom. The van der Waals surface area contributed by atoms with E-state index in [0.29, 0.717) is 0 Å². The zero-order valence-electron chi connectivity index (χ0n) is 12.1. The highest BCUT2D eigenvalue weighted by Gasteiger charge is 2.63. The van der Waals surface area contributed by atoms with Crippen molar-refractivity contribution in [1.82, 2.24) is 0 Å². The minimum atomic E-state index is -5.48. The van der Waals surface area contributed by atoms with Gasteiger partial charge in [0.1, 0.15) is 5.69 Å². The maximum Gasteiger partial charge on any atom is 0.438 e. The molecule has 1 aromatic carbocycles. The SMILES string of the molecule is CC(C)C1=NN(c2c(F)c(F)c(F)c(F)c2F)C(O)(C(F)(F)F)C1. The minimum Gasteiger partial charge on any atom is -0.362 e. The van der Waals surface area contributed by atoms with Gasteiger partial charge in [-0.1, -0.05) is 13.8 Å². The molecule has 0 amide bonds. The molecule has 2 rings (SSSR count). The standard InChI is InChI=1S/C13H10F8N2O/c1-4(2)5-3-12(24,13(19,20)21)23(22-5)11-9(17)7(15)6(14)8(16)10(11)18/h4,24H,3H2,1-2H3. The van der Waals surface area contributed by atoms with Crippen molar-refractivity contribution in [2.24, 2.45) is 11.0 Å². The van der Waals surface area contributed by atoms with E-state index in [1.807, 2.05) is 0 Å². The Bertz CT molecular complexity index is 686. The summed E-state index contributed by atoms with van der Waals surface area (Å²) in [7, 11) is 0. The summed E-state index contributed by atoms with van der Waals surface area (Å²) < 4.78 is 107. The molecule has 0 fully saturated rings. The van der Waals surface area contributed by atoms with Gasteiger partial charge in [0.2, 0.25) is 5.82 Å². The molecule has 11 heteroatoms. The van der Waals surface area contributed by atoms with Gasteiger partial charge in [0, 0.05) is 12.1 Å². The van der Waals surface area contributed by atoms with Crippen LogP contribution < -0.4 is 5.01 Å². The van der Waals surface area contributed by atoms with E-state index < -0.39 is 64.0 Å². The van der Waals surface area contributed by atoms with E-state index in [0.717, 1.165) is 0 Å². The number of benzene rings is 1. The third kappa shape index (κ3) is 2.50. The average Bonchev–Trinajstić information content (AvgIpc) is 2.83. The second-order valence-corrected chi connectivity index (χ2v) is 5.47. The Morgan fingerprint density at radius 3 is 1.75 bits per heavy atom. The monoisotopic (exact) mass is 362 g/mol. The molecule has 0 radical (unpaired) electrons. The number of hydrazone groups is 1. The summed E-state index contributed by atoms with van der Waals surface area (Å²) in [5.74, 6) is -13.1. The first-order valence-corrected chi connectivity index (χ1v) is 6.51. The number of anilines is 1. The zero-order chi connectivity index (χ0) is 18.6. The summed E-state index contributed by atoms with van der Waals surface area (Å²) in [4.78, 5) is 0. The van der Waals surface area contributed by atoms with Crippen molar-refractivity contribution in [3.8, 4) is 0 Å². The molecule has 0 bridgehead atoms. The van der Waals surface area contributed by atoms with Gasteiger partial charge in [-0.2, -0.15) is 18.3 Å². The van der Waals surface area contributed by atoms with Gasteiger partial charge in [0.05, 0.1) is 0 Å². The fraction of sp³-hybridized carbons (Fsp3) is 0.462. The van der Waals surface area contributed by atoms with Crippen LogP contribution in [0.3, 0.4) is 0 Å². The lowest BCUT2D eigenvalue weighted by Gasteiger charge is -2.34. The summed E-state index contributed by atoms with van der Waals surface area (Å²) in [5, 5.41) is 12.5. The van der Waals surface area contributed by atoms with Crippen molar-refractivity contribution < 1.29 is 40.2 Å². The summed E-state index contributed by atoms with van der Waals surface area (Å²) in [6, 6.07) is 0. The van der Waals surface area contributed by atoms with Gasteiger partial charge < -0.3 is 5.11 Å². The molecule has 1 aromatic rings. The lowest BCUT2D eigenvalue weighted by Crippen LogP contribution is -2.55. The summed E-state index contributed by atoms with van der Waals surface area (Å²) in [6.07, 6.45) is -6.68. The number of halogens is 8. The van der Waals surface area contributed by atoms with Crippen LogP contribution in [0.25, 0.3) is 0 Å². The van der Waals surface area contributed by atoms with Crippen LogP contribution >= 0.6 is 0 Å². The first kappa shape index (κ1) is 18.4. The van der Waals surface area contributed by atoms with Crippen molar-refractivity contribution in [2.75, 3.05) is 5.01 Å². The third-order valence-electron chi connectivity index (χ3n) is 3.53. The van der Waals surface area contributed by atoms with E-state index in [-0.39, 0.29) is 5.71 Å². The Morgan fingerprint density at radius 2 is 1.38 bits per heavy atom. The van der Waals surface area contributed by atoms with Crippen molar-refractivity contribution in [1.29, 1.82) is 0 Å². The van der Waals surface area contributed by atoms with Crippen LogP contribution in [0.5, 0.6) is 0 Å². The zero-order valence-corrected chi connectivity index (χ0v) is 12.1. The topological polar surface area (TPSA) is 35.8 Å². The molecule has 0 saturated heterocycles. The fourth-order valence-electron chi connectivity index (χ4n) is 2.13. The maximum absolute atomic E-state index is 13.8. The number of alkyl halides is 3. The van der Waals surface area contributed by atoms with Crippen molar-refractivity contribution in [3.63, 3.8) is 0 Å². The summed E-state index contributed by atoms with van der Waals surface area (Å²) >= 11 is 0. The van der Waals surface area contributed by atoms with Crippen molar-refractivity contribution in [3.05, 3.63) is 29.1 Å². The Kier molecular flexibility index (Phi) is 4.28. The van der Waals surface area contributed by atoms with Crippen LogP contribution in [-0.2, 0) is 0 Å². The molecule has 0 aliphatic carbocycles. The highest BCUT2D eigenvalue weighted by Crippen LogP contribution is 2.46. The van der Waals surface area contributed by atoms with Crippen molar-refractivity contribution >= 4 is 11.4 Å². The van der Waals surface area contributed by atoms with E-state index in [2.05, 4.69) is 5.10 Å². The molecule has 1 aliphatic heterocycles. The van der Waals surface area contributed by atoms with Gasteiger partial charge in [0.25, 0.3) is 5.72 Å². The van der Waals surface area contributed by atoms with E-state index in [4.69, 9.17) is 0 Å². The number of nitrogens with zero attached hydrogens (tertiary/aromatic N) is 2. The number of hydrogen-bond donors (Lipinski definition) is 1. The second kappa shape index (κ2) is 5.57. The maximum atomic E-state index is 13.8. The smallest absolute Gasteiger partial charge is 0.362 e. The molecule has 1 N–H and O–H groups in total. The van der Waals surface area contributed by atoms with Crippen LogP contribution in [0.1, 0.15) is 20.3 Å². The molecule has 134 valence electrons. The minimum absolute atomic E-state index is 0.321. The first-order valence-electron chi connectivity index (χ1n) is 6.51. The fourth-order valence-corrected chi connectivity index (χ4v) is 2.13. The predicted molar refractivity (Wildman–Crippen MR) is 66.6 cm³/mol. The van der Waals surface area contributed by atoms with Gasteiger partial charge in [-0.15, -0.1) is 0 Å². The van der Waals surface area contributed by atoms with Crippen LogP contribution in [0.15, 0.2) is 5.10 Å². The van der Waals surface area contributed by atoms with E-state index >= 15 is 0 Å². The molecule has 1 aliphatic rings. The second-order valence-electron chi connectivity index (χ2n) is 5.47. The Hall–Kier alpha value is -1.91. The Balaban J connectivity index is 2.77. The van der Waals surface area contributed by atoms with Gasteiger partial charge in [-0.25, -0.2) is 27.0 Å². The highest BCUT2D eigenvalue weighted by atomic mass is 19.4. The van der Waals surface area contributed by atoms with Crippen LogP contribution in [0, 0.1) is 35.0 Å². The lowest BCUT2D eigenvalue weighted by atomic mass is 9.98. The quantitative estimate of drug-likeness (QED) is 0.493. The van der Waals surface area contributed by atoms with E-state index in [1.165, 1.54) is 13.8 Å². The van der Waals surface area contributed by atoms with Crippen LogP contribution in [0.2, 0.25) is 0 Å². The molecule has 1 atom stereocenters. The molecule has 0 spiro atoms. The third-order valence-corrected chi connectivity index (χ3v) is 3.53. The van der Waals surface area contributed by atoms with Crippen LogP contribution in [-0.4, -0.2) is 22.7 Å². The van der Waals surface area contributed by atoms with Gasteiger partial charge in [-0.05, 0) is 5.92 Å². The highest BCUT2D eigenvalue weighted by molar-refractivity contribution is 5.91. The van der Waals surface area contributed by atoms with E-state index in [9.17, 15) is 40.2 Å². The van der Waals surface area contributed by atoms with Gasteiger partial charge in [0.15, 0.2) is 23.3 Å². The average molecular weight is 362 g/mol. The lowest BCUT2D eigenvalue weighted by molar-refractivity contribution is -0.254. The summed E-state index contributed by atoms with van der Waals surface area (Å²) in [6.45, 7) is 2.77. The predicted octanol–water partition coefficient (Wildman–Crippen LogP) is 3.86. The number of aliphatic hydroxyl groups is 1. The molecule has 0 saturated carbocycles. The molecule has 0 aromatic heterocycles. The molecular weight excluding hydrogens is 352 g/mol. The normalized spacial score (nSPS) is 21.7. The molecule has 1 unspecified atom stereocenters. The van der Waals surface area contributed by atoms with Gasteiger partial charge in [-0.3, -0.25) is 0 Å². The van der Waals surface area contributed by atoms with Crippen LogP contribution in [0.4, 0.5) is 40.8 Å².